The standard InChI is InChI=1S/C15H15N7O2S.C2H6OS/c1-7-5-9-10(6-8(7)2)22(4-3-17-21-14(16)25)12-11(18-9)13(23)20-15(24)19-12;1-4(2)3/h3,5-6H,4H2,1-2H3,(H3,16,21,25)(H,20,23,24);1-2H3/b17-3+;. The van der Waals surface area contributed by atoms with Crippen LogP contribution in [-0.4, -0.2) is 47.6 Å². The summed E-state index contributed by atoms with van der Waals surface area (Å²) in [6.45, 7) is 4.17. The van der Waals surface area contributed by atoms with Crippen molar-refractivity contribution in [2.24, 2.45) is 10.8 Å². The number of thiocarbonyl (C=S) groups is 1. The average molecular weight is 436 g/mol. The van der Waals surface area contributed by atoms with Gasteiger partial charge >= 0.3 is 5.69 Å². The minimum atomic E-state index is -0.727. The zero-order valence-corrected chi connectivity index (χ0v) is 18.0. The number of aryl methyl sites for hydroxylation is 2. The lowest BCUT2D eigenvalue weighted by Gasteiger charge is -2.16. The molecule has 0 radical (unpaired) electrons. The maximum Gasteiger partial charge on any atom is 0.349 e. The minimum Gasteiger partial charge on any atom is -0.375 e. The third-order valence-electron chi connectivity index (χ3n) is 3.75. The van der Waals surface area contributed by atoms with Crippen LogP contribution >= 0.6 is 12.2 Å². The molecule has 0 unspecified atom stereocenters. The van der Waals surface area contributed by atoms with E-state index in [0.717, 1.165) is 16.6 Å². The van der Waals surface area contributed by atoms with Crippen LogP contribution in [0.5, 0.6) is 0 Å². The molecule has 0 spiro atoms. The van der Waals surface area contributed by atoms with Crippen LogP contribution < -0.4 is 22.4 Å². The summed E-state index contributed by atoms with van der Waals surface area (Å²) >= 11 is 4.68. The number of aromatic amines is 1. The Bertz CT molecular complexity index is 1200. The zero-order chi connectivity index (χ0) is 21.7. The molecule has 0 amide bonds. The summed E-state index contributed by atoms with van der Waals surface area (Å²) in [6, 6.07) is 3.81. The van der Waals surface area contributed by atoms with Crippen LogP contribution in [0.4, 0.5) is 0 Å². The molecule has 0 aliphatic carbocycles. The molecular weight excluding hydrogens is 414 g/mol. The third-order valence-corrected chi connectivity index (χ3v) is 3.85. The Labute approximate surface area is 174 Å². The van der Waals surface area contributed by atoms with Gasteiger partial charge in [0.2, 0.25) is 0 Å². The van der Waals surface area contributed by atoms with Gasteiger partial charge in [0.25, 0.3) is 5.56 Å². The van der Waals surface area contributed by atoms with E-state index in [1.807, 2.05) is 26.0 Å². The number of benzene rings is 1. The Morgan fingerprint density at radius 3 is 2.55 bits per heavy atom. The molecule has 154 valence electrons. The van der Waals surface area contributed by atoms with Gasteiger partial charge in [0.05, 0.1) is 17.6 Å². The Balaban J connectivity index is 0.000000687. The van der Waals surface area contributed by atoms with E-state index in [-0.39, 0.29) is 23.2 Å². The summed E-state index contributed by atoms with van der Waals surface area (Å²) in [5, 5.41) is 3.93. The number of nitrogens with one attached hydrogen (secondary N) is 2. The van der Waals surface area contributed by atoms with Crippen molar-refractivity contribution in [2.75, 3.05) is 12.5 Å². The topological polar surface area (TPSA) is 148 Å². The van der Waals surface area contributed by atoms with Crippen molar-refractivity contribution in [1.29, 1.82) is 0 Å². The first-order valence-electron chi connectivity index (χ1n) is 8.34. The van der Waals surface area contributed by atoms with Gasteiger partial charge in [-0.2, -0.15) is 10.1 Å². The second-order valence-electron chi connectivity index (χ2n) is 6.22. The molecule has 0 saturated heterocycles. The van der Waals surface area contributed by atoms with Gasteiger partial charge in [-0.15, -0.1) is 0 Å². The minimum absolute atomic E-state index is 0.0357. The predicted molar refractivity (Wildman–Crippen MR) is 119 cm³/mol. The lowest BCUT2D eigenvalue weighted by molar-refractivity contribution is 0.690. The molecule has 3 rings (SSSR count). The molecule has 2 aliphatic heterocycles. The molecule has 0 saturated carbocycles. The van der Waals surface area contributed by atoms with Crippen LogP contribution in [0.15, 0.2) is 26.8 Å². The van der Waals surface area contributed by atoms with Crippen LogP contribution in [0, 0.1) is 13.8 Å². The molecule has 2 heterocycles. The quantitative estimate of drug-likeness (QED) is 0.226. The molecule has 0 bridgehead atoms. The number of H-pyrrole nitrogens is 1. The second kappa shape index (κ2) is 9.47. The first-order chi connectivity index (χ1) is 13.6. The monoisotopic (exact) mass is 435 g/mol. The molecule has 0 fully saturated rings. The lowest BCUT2D eigenvalue weighted by Crippen LogP contribution is -2.29. The summed E-state index contributed by atoms with van der Waals surface area (Å²) in [5.74, 6) is 0.186. The Hall–Kier alpha value is -2.99. The molecule has 0 aromatic heterocycles. The van der Waals surface area contributed by atoms with E-state index in [1.54, 1.807) is 17.1 Å². The summed E-state index contributed by atoms with van der Waals surface area (Å²) in [5.41, 5.74) is 10.00. The van der Waals surface area contributed by atoms with Crippen molar-refractivity contribution in [2.45, 2.75) is 20.4 Å². The number of nitrogens with zero attached hydrogens (tertiary/aromatic N) is 4. The highest BCUT2D eigenvalue weighted by molar-refractivity contribution is 7.83. The fourth-order valence-electron chi connectivity index (χ4n) is 2.47. The summed E-state index contributed by atoms with van der Waals surface area (Å²) in [6.07, 6.45) is 4.79. The molecular formula is C17H21N7O3S2. The number of hydrogen-bond donors (Lipinski definition) is 3. The largest absolute Gasteiger partial charge is 0.375 e. The highest BCUT2D eigenvalue weighted by Crippen LogP contribution is 2.23. The van der Waals surface area contributed by atoms with Gasteiger partial charge in [0.15, 0.2) is 16.6 Å². The number of hydrazone groups is 1. The van der Waals surface area contributed by atoms with E-state index in [1.165, 1.54) is 6.21 Å². The van der Waals surface area contributed by atoms with Crippen molar-refractivity contribution >= 4 is 45.4 Å². The van der Waals surface area contributed by atoms with Crippen molar-refractivity contribution < 1.29 is 4.21 Å². The van der Waals surface area contributed by atoms with Crippen molar-refractivity contribution in [3.63, 3.8) is 0 Å². The molecule has 1 aromatic rings. The van der Waals surface area contributed by atoms with Crippen molar-refractivity contribution in [3.8, 4) is 11.5 Å². The lowest BCUT2D eigenvalue weighted by atomic mass is 10.1. The SMILES string of the molecule is CS(C)=O.Cc1cc2nc3c(=O)[nH]c(=O)nc-3n(C/C=N/NC(N)=S)c2cc1C. The van der Waals surface area contributed by atoms with Gasteiger partial charge in [-0.3, -0.25) is 19.4 Å². The first kappa shape index (κ1) is 22.3. The van der Waals surface area contributed by atoms with Gasteiger partial charge in [-0.25, -0.2) is 9.78 Å². The summed E-state index contributed by atoms with van der Waals surface area (Å²) in [7, 11) is -0.611. The van der Waals surface area contributed by atoms with E-state index >= 15 is 0 Å². The average Bonchev–Trinajstić information content (AvgIpc) is 2.59. The Kier molecular flexibility index (Phi) is 7.29. The second-order valence-corrected chi connectivity index (χ2v) is 8.14. The maximum atomic E-state index is 12.1. The summed E-state index contributed by atoms with van der Waals surface area (Å²) < 4.78 is 11.3. The molecule has 12 heteroatoms. The molecule has 29 heavy (non-hydrogen) atoms. The number of nitrogens with two attached hydrogens (primary N) is 1. The Morgan fingerprint density at radius 2 is 1.93 bits per heavy atom. The van der Waals surface area contributed by atoms with Crippen molar-refractivity contribution in [3.05, 3.63) is 44.1 Å². The molecule has 0 atom stereocenters. The number of rotatable bonds is 3. The summed E-state index contributed by atoms with van der Waals surface area (Å²) in [4.78, 5) is 34.2. The number of hydrogen-bond acceptors (Lipinski definition) is 7. The Morgan fingerprint density at radius 1 is 1.31 bits per heavy atom. The fourth-order valence-corrected chi connectivity index (χ4v) is 2.52. The highest BCUT2D eigenvalue weighted by Gasteiger charge is 2.18. The van der Waals surface area contributed by atoms with Crippen LogP contribution in [-0.2, 0) is 17.3 Å². The molecule has 4 N–H and O–H groups in total. The van der Waals surface area contributed by atoms with E-state index in [9.17, 15) is 13.8 Å². The third kappa shape index (κ3) is 5.74. The smallest absolute Gasteiger partial charge is 0.349 e. The number of fused-ring (bicyclic) bond motifs is 2. The molecule has 10 nitrogen and oxygen atoms in total. The maximum absolute atomic E-state index is 12.1. The van der Waals surface area contributed by atoms with E-state index in [0.29, 0.717) is 5.52 Å². The highest BCUT2D eigenvalue weighted by atomic mass is 32.2. The zero-order valence-electron chi connectivity index (χ0n) is 16.3. The van der Waals surface area contributed by atoms with Gasteiger partial charge in [0.1, 0.15) is 0 Å². The molecule has 2 aliphatic rings. The van der Waals surface area contributed by atoms with E-state index in [4.69, 9.17) is 5.73 Å². The van der Waals surface area contributed by atoms with E-state index < -0.39 is 22.0 Å². The predicted octanol–water partition coefficient (Wildman–Crippen LogP) is 0.0151. The fraction of sp³-hybridized carbons (Fsp3) is 0.294. The van der Waals surface area contributed by atoms with Gasteiger partial charge < -0.3 is 10.3 Å². The van der Waals surface area contributed by atoms with Gasteiger partial charge in [-0.1, -0.05) is 0 Å². The first-order valence-corrected chi connectivity index (χ1v) is 10.7. The van der Waals surface area contributed by atoms with Crippen LogP contribution in [0.1, 0.15) is 11.1 Å². The van der Waals surface area contributed by atoms with Crippen molar-refractivity contribution in [1.82, 2.24) is 24.9 Å². The number of aromatic nitrogens is 4. The molecule has 1 aromatic carbocycles. The van der Waals surface area contributed by atoms with Gasteiger partial charge in [-0.05, 0) is 49.3 Å². The van der Waals surface area contributed by atoms with E-state index in [2.05, 4.69) is 37.7 Å². The van der Waals surface area contributed by atoms with Crippen LogP contribution in [0.25, 0.3) is 22.6 Å². The normalized spacial score (nSPS) is 11.1. The van der Waals surface area contributed by atoms with Crippen LogP contribution in [0.3, 0.4) is 0 Å². The van der Waals surface area contributed by atoms with Gasteiger partial charge in [0, 0.05) is 29.5 Å². The van der Waals surface area contributed by atoms with Crippen LogP contribution in [0.2, 0.25) is 0 Å².